The van der Waals surface area contributed by atoms with Crippen molar-refractivity contribution in [1.29, 1.82) is 0 Å². The standard InChI is InChI=1S/C18H14FN3O2/c19-14-6-8-16(9-7-14)24-12-17(23)22-15-10-20-18(21-11-15)13-4-2-1-3-5-13/h1-11H,12H2,(H,22,23). The van der Waals surface area contributed by atoms with E-state index >= 15 is 0 Å². The van der Waals surface area contributed by atoms with E-state index in [-0.39, 0.29) is 18.3 Å². The molecule has 0 radical (unpaired) electrons. The quantitative estimate of drug-likeness (QED) is 0.782. The molecule has 0 fully saturated rings. The van der Waals surface area contributed by atoms with Gasteiger partial charge in [-0.15, -0.1) is 0 Å². The third-order valence-corrected chi connectivity index (χ3v) is 3.15. The molecule has 0 unspecified atom stereocenters. The maximum Gasteiger partial charge on any atom is 0.262 e. The van der Waals surface area contributed by atoms with Crippen molar-refractivity contribution in [3.8, 4) is 17.1 Å². The first-order valence-electron chi connectivity index (χ1n) is 7.26. The van der Waals surface area contributed by atoms with E-state index in [0.717, 1.165) is 5.56 Å². The second-order valence-electron chi connectivity index (χ2n) is 4.95. The normalized spacial score (nSPS) is 10.2. The molecular formula is C18H14FN3O2. The zero-order valence-corrected chi connectivity index (χ0v) is 12.6. The zero-order valence-electron chi connectivity index (χ0n) is 12.6. The summed E-state index contributed by atoms with van der Waals surface area (Å²) >= 11 is 0. The second kappa shape index (κ2) is 7.32. The van der Waals surface area contributed by atoms with Gasteiger partial charge < -0.3 is 10.1 Å². The lowest BCUT2D eigenvalue weighted by molar-refractivity contribution is -0.118. The van der Waals surface area contributed by atoms with E-state index in [4.69, 9.17) is 4.74 Å². The Morgan fingerprint density at radius 3 is 2.33 bits per heavy atom. The molecule has 0 aliphatic carbocycles. The van der Waals surface area contributed by atoms with Gasteiger partial charge in [-0.2, -0.15) is 0 Å². The van der Waals surface area contributed by atoms with Crippen molar-refractivity contribution in [2.75, 3.05) is 11.9 Å². The third-order valence-electron chi connectivity index (χ3n) is 3.15. The number of ether oxygens (including phenoxy) is 1. The summed E-state index contributed by atoms with van der Waals surface area (Å²) in [4.78, 5) is 20.3. The van der Waals surface area contributed by atoms with Crippen molar-refractivity contribution < 1.29 is 13.9 Å². The Morgan fingerprint density at radius 1 is 1.00 bits per heavy atom. The van der Waals surface area contributed by atoms with Crippen molar-refractivity contribution in [3.63, 3.8) is 0 Å². The van der Waals surface area contributed by atoms with Gasteiger partial charge in [-0.05, 0) is 24.3 Å². The Hall–Kier alpha value is -3.28. The molecule has 0 saturated carbocycles. The number of benzene rings is 2. The SMILES string of the molecule is O=C(COc1ccc(F)cc1)Nc1cnc(-c2ccccc2)nc1. The Morgan fingerprint density at radius 2 is 1.67 bits per heavy atom. The zero-order chi connectivity index (χ0) is 16.8. The van der Waals surface area contributed by atoms with Crippen LogP contribution in [-0.2, 0) is 4.79 Å². The van der Waals surface area contributed by atoms with Gasteiger partial charge in [-0.25, -0.2) is 14.4 Å². The highest BCUT2D eigenvalue weighted by Gasteiger charge is 2.06. The number of aromatic nitrogens is 2. The lowest BCUT2D eigenvalue weighted by atomic mass is 10.2. The fourth-order valence-corrected chi connectivity index (χ4v) is 2.01. The molecule has 24 heavy (non-hydrogen) atoms. The first-order chi connectivity index (χ1) is 11.7. The number of halogens is 1. The molecule has 1 N–H and O–H groups in total. The van der Waals surface area contributed by atoms with Crippen molar-refractivity contribution in [2.45, 2.75) is 0 Å². The van der Waals surface area contributed by atoms with Crippen molar-refractivity contribution in [2.24, 2.45) is 0 Å². The van der Waals surface area contributed by atoms with Gasteiger partial charge in [0, 0.05) is 5.56 Å². The predicted octanol–water partition coefficient (Wildman–Crippen LogP) is 3.30. The topological polar surface area (TPSA) is 64.1 Å². The van der Waals surface area contributed by atoms with E-state index in [2.05, 4.69) is 15.3 Å². The molecule has 120 valence electrons. The minimum absolute atomic E-state index is 0.188. The number of nitrogens with zero attached hydrogens (tertiary/aromatic N) is 2. The van der Waals surface area contributed by atoms with Crippen LogP contribution in [-0.4, -0.2) is 22.5 Å². The van der Waals surface area contributed by atoms with Crippen molar-refractivity contribution in [3.05, 3.63) is 72.8 Å². The monoisotopic (exact) mass is 323 g/mol. The number of hydrogen-bond donors (Lipinski definition) is 1. The first kappa shape index (κ1) is 15.6. The summed E-state index contributed by atoms with van der Waals surface area (Å²) in [5, 5.41) is 2.64. The van der Waals surface area contributed by atoms with Crippen LogP contribution in [0.5, 0.6) is 5.75 Å². The molecule has 6 heteroatoms. The van der Waals surface area contributed by atoms with Crippen molar-refractivity contribution >= 4 is 11.6 Å². The summed E-state index contributed by atoms with van der Waals surface area (Å²) in [7, 11) is 0. The number of anilines is 1. The van der Waals surface area contributed by atoms with Crippen LogP contribution in [0.1, 0.15) is 0 Å². The second-order valence-corrected chi connectivity index (χ2v) is 4.95. The Balaban J connectivity index is 1.55. The molecule has 1 aromatic heterocycles. The van der Waals surface area contributed by atoms with Crippen LogP contribution in [0.15, 0.2) is 67.0 Å². The van der Waals surface area contributed by atoms with Gasteiger partial charge in [0.05, 0.1) is 18.1 Å². The van der Waals surface area contributed by atoms with Crippen molar-refractivity contribution in [1.82, 2.24) is 9.97 Å². The fraction of sp³-hybridized carbons (Fsp3) is 0.0556. The van der Waals surface area contributed by atoms with Gasteiger partial charge in [-0.1, -0.05) is 30.3 Å². The van der Waals surface area contributed by atoms with Gasteiger partial charge in [0.2, 0.25) is 0 Å². The molecule has 1 heterocycles. The smallest absolute Gasteiger partial charge is 0.262 e. The first-order valence-corrected chi connectivity index (χ1v) is 7.26. The van der Waals surface area contributed by atoms with E-state index in [0.29, 0.717) is 17.3 Å². The number of carbonyl (C=O) groups excluding carboxylic acids is 1. The van der Waals surface area contributed by atoms with Gasteiger partial charge in [0.25, 0.3) is 5.91 Å². The van der Waals surface area contributed by atoms with Crippen LogP contribution in [0.4, 0.5) is 10.1 Å². The number of carbonyl (C=O) groups is 1. The van der Waals surface area contributed by atoms with E-state index in [1.165, 1.54) is 36.7 Å². The van der Waals surface area contributed by atoms with E-state index < -0.39 is 0 Å². The molecule has 0 spiro atoms. The maximum absolute atomic E-state index is 12.8. The highest BCUT2D eigenvalue weighted by molar-refractivity contribution is 5.91. The summed E-state index contributed by atoms with van der Waals surface area (Å²) < 4.78 is 18.0. The summed E-state index contributed by atoms with van der Waals surface area (Å²) in [6.07, 6.45) is 3.07. The fourth-order valence-electron chi connectivity index (χ4n) is 2.01. The van der Waals surface area contributed by atoms with Gasteiger partial charge in [-0.3, -0.25) is 4.79 Å². The number of rotatable bonds is 5. The van der Waals surface area contributed by atoms with Crippen LogP contribution in [0.3, 0.4) is 0 Å². The number of hydrogen-bond acceptors (Lipinski definition) is 4. The van der Waals surface area contributed by atoms with Gasteiger partial charge in [0.15, 0.2) is 12.4 Å². The summed E-state index contributed by atoms with van der Waals surface area (Å²) in [5.74, 6) is 0.288. The minimum Gasteiger partial charge on any atom is -0.484 e. The van der Waals surface area contributed by atoms with Crippen LogP contribution in [0.2, 0.25) is 0 Å². The summed E-state index contributed by atoms with van der Waals surface area (Å²) in [6, 6.07) is 15.0. The molecule has 1 amide bonds. The highest BCUT2D eigenvalue weighted by atomic mass is 19.1. The predicted molar refractivity (Wildman–Crippen MR) is 88.0 cm³/mol. The van der Waals surface area contributed by atoms with Gasteiger partial charge >= 0.3 is 0 Å². The molecule has 0 saturated heterocycles. The van der Waals surface area contributed by atoms with Crippen LogP contribution < -0.4 is 10.1 Å². The minimum atomic E-state index is -0.359. The molecule has 5 nitrogen and oxygen atoms in total. The van der Waals surface area contributed by atoms with Gasteiger partial charge in [0.1, 0.15) is 11.6 Å². The van der Waals surface area contributed by atoms with E-state index in [1.807, 2.05) is 30.3 Å². The molecule has 0 aliphatic heterocycles. The van der Waals surface area contributed by atoms with E-state index in [9.17, 15) is 9.18 Å². The van der Waals surface area contributed by atoms with Crippen LogP contribution in [0, 0.1) is 5.82 Å². The molecule has 0 atom stereocenters. The molecule has 0 bridgehead atoms. The van der Waals surface area contributed by atoms with Crippen LogP contribution in [0.25, 0.3) is 11.4 Å². The Bertz CT molecular complexity index is 806. The lowest BCUT2D eigenvalue weighted by Crippen LogP contribution is -2.20. The molecule has 3 rings (SSSR count). The molecule has 2 aromatic carbocycles. The van der Waals surface area contributed by atoms with Crippen LogP contribution >= 0.6 is 0 Å². The largest absolute Gasteiger partial charge is 0.484 e. The average molecular weight is 323 g/mol. The van der Waals surface area contributed by atoms with E-state index in [1.54, 1.807) is 0 Å². The number of amides is 1. The third kappa shape index (κ3) is 4.13. The Kier molecular flexibility index (Phi) is 4.76. The lowest BCUT2D eigenvalue weighted by Gasteiger charge is -2.07. The Labute approximate surface area is 138 Å². The highest BCUT2D eigenvalue weighted by Crippen LogP contribution is 2.15. The summed E-state index contributed by atoms with van der Waals surface area (Å²) in [5.41, 5.74) is 1.37. The summed E-state index contributed by atoms with van der Waals surface area (Å²) in [6.45, 7) is -0.188. The molecule has 3 aromatic rings. The molecule has 0 aliphatic rings. The maximum atomic E-state index is 12.8. The molecular weight excluding hydrogens is 309 g/mol. The average Bonchev–Trinajstić information content (AvgIpc) is 2.63. The number of nitrogens with one attached hydrogen (secondary N) is 1.